The molecule has 1 aliphatic carbocycles. The first-order chi connectivity index (χ1) is 10.7. The number of rotatable bonds is 6. The number of aliphatic hydroxyl groups is 1. The highest BCUT2D eigenvalue weighted by Gasteiger charge is 2.52. The molecule has 4 amide bonds. The number of hydrogen-bond acceptors (Lipinski definition) is 5. The molecule has 1 aliphatic heterocycles. The van der Waals surface area contributed by atoms with Gasteiger partial charge in [-0.15, -0.1) is 0 Å². The van der Waals surface area contributed by atoms with Crippen LogP contribution in [0.25, 0.3) is 0 Å². The molecule has 0 aromatic carbocycles. The molecule has 4 N–H and O–H groups in total. The monoisotopic (exact) mass is 327 g/mol. The predicted octanol–water partition coefficient (Wildman–Crippen LogP) is -0.807. The van der Waals surface area contributed by atoms with Crippen molar-refractivity contribution in [1.29, 1.82) is 0 Å². The molecule has 0 bridgehead atoms. The number of carboxylic acid groups (broad SMARTS) is 1. The topological polar surface area (TPSA) is 136 Å². The maximum atomic E-state index is 12.4. The molecule has 1 atom stereocenters. The van der Waals surface area contributed by atoms with Crippen molar-refractivity contribution in [2.24, 2.45) is 0 Å². The summed E-state index contributed by atoms with van der Waals surface area (Å²) in [6, 6.07) is -0.498. The third-order valence-corrected chi connectivity index (χ3v) is 4.36. The third-order valence-electron chi connectivity index (χ3n) is 4.36. The average Bonchev–Trinajstić information content (AvgIpc) is 3.02. The third kappa shape index (κ3) is 3.44. The summed E-state index contributed by atoms with van der Waals surface area (Å²) in [5.41, 5.74) is -2.87. The highest BCUT2D eigenvalue weighted by molar-refractivity contribution is 6.07. The smallest absolute Gasteiger partial charge is 0.337 e. The maximum Gasteiger partial charge on any atom is 0.337 e. The number of nitrogens with zero attached hydrogens (tertiary/aromatic N) is 1. The molecule has 0 radical (unpaired) electrons. The fourth-order valence-electron chi connectivity index (χ4n) is 2.84. The van der Waals surface area contributed by atoms with Crippen LogP contribution in [0.3, 0.4) is 0 Å². The number of hydrogen-bond donors (Lipinski definition) is 4. The standard InChI is InChI=1S/C14H21N3O6/c1-13(23,11(20)21)8-15-9(18)4-7-17-10(19)14(16-12(17)22)5-2-3-6-14/h23H,2-8H2,1H3,(H,15,18)(H,16,22)(H,20,21). The quantitative estimate of drug-likeness (QED) is 0.471. The number of carbonyl (C=O) groups excluding carboxylic acids is 3. The highest BCUT2D eigenvalue weighted by Crippen LogP contribution is 2.34. The van der Waals surface area contributed by atoms with Gasteiger partial charge in [-0.2, -0.15) is 0 Å². The van der Waals surface area contributed by atoms with E-state index in [1.807, 2.05) is 0 Å². The second-order valence-electron chi connectivity index (χ2n) is 6.28. The zero-order chi connectivity index (χ0) is 17.3. The Morgan fingerprint density at radius 1 is 1.35 bits per heavy atom. The van der Waals surface area contributed by atoms with Gasteiger partial charge in [0.05, 0.1) is 6.54 Å². The number of imide groups is 1. The van der Waals surface area contributed by atoms with Crippen LogP contribution in [0.1, 0.15) is 39.0 Å². The van der Waals surface area contributed by atoms with Gasteiger partial charge < -0.3 is 20.8 Å². The largest absolute Gasteiger partial charge is 0.479 e. The van der Waals surface area contributed by atoms with Gasteiger partial charge in [-0.05, 0) is 19.8 Å². The zero-order valence-electron chi connectivity index (χ0n) is 12.9. The van der Waals surface area contributed by atoms with E-state index in [-0.39, 0.29) is 18.9 Å². The second-order valence-corrected chi connectivity index (χ2v) is 6.28. The molecule has 23 heavy (non-hydrogen) atoms. The van der Waals surface area contributed by atoms with Crippen LogP contribution < -0.4 is 10.6 Å². The van der Waals surface area contributed by atoms with Gasteiger partial charge in [-0.1, -0.05) is 12.8 Å². The first-order valence-electron chi connectivity index (χ1n) is 7.54. The van der Waals surface area contributed by atoms with Crippen molar-refractivity contribution < 1.29 is 29.4 Å². The average molecular weight is 327 g/mol. The molecule has 1 saturated heterocycles. The summed E-state index contributed by atoms with van der Waals surface area (Å²) in [5.74, 6) is -2.29. The fraction of sp³-hybridized carbons (Fsp3) is 0.714. The van der Waals surface area contributed by atoms with Crippen molar-refractivity contribution >= 4 is 23.8 Å². The molecule has 1 saturated carbocycles. The van der Waals surface area contributed by atoms with E-state index in [1.54, 1.807) is 0 Å². The van der Waals surface area contributed by atoms with E-state index in [0.29, 0.717) is 12.8 Å². The summed E-state index contributed by atoms with van der Waals surface area (Å²) < 4.78 is 0. The molecular weight excluding hydrogens is 306 g/mol. The lowest BCUT2D eigenvalue weighted by atomic mass is 9.98. The second kappa shape index (κ2) is 6.15. The van der Waals surface area contributed by atoms with Gasteiger partial charge in [-0.3, -0.25) is 14.5 Å². The minimum absolute atomic E-state index is 0.0759. The van der Waals surface area contributed by atoms with Gasteiger partial charge in [0.25, 0.3) is 5.91 Å². The van der Waals surface area contributed by atoms with Crippen LogP contribution in [-0.4, -0.2) is 63.2 Å². The Labute approximate surface area is 133 Å². The number of carboxylic acids is 1. The maximum absolute atomic E-state index is 12.4. The molecule has 0 aromatic heterocycles. The van der Waals surface area contributed by atoms with Crippen LogP contribution in [-0.2, 0) is 14.4 Å². The minimum Gasteiger partial charge on any atom is -0.479 e. The lowest BCUT2D eigenvalue weighted by Crippen LogP contribution is -2.47. The fourth-order valence-corrected chi connectivity index (χ4v) is 2.84. The number of nitrogens with one attached hydrogen (secondary N) is 2. The van der Waals surface area contributed by atoms with Gasteiger partial charge >= 0.3 is 12.0 Å². The SMILES string of the molecule is CC(O)(CNC(=O)CCN1C(=O)NC2(CCCC2)C1=O)C(=O)O. The van der Waals surface area contributed by atoms with Crippen molar-refractivity contribution in [2.75, 3.05) is 13.1 Å². The predicted molar refractivity (Wildman–Crippen MR) is 77.3 cm³/mol. The lowest BCUT2D eigenvalue weighted by Gasteiger charge is -2.20. The van der Waals surface area contributed by atoms with Crippen molar-refractivity contribution in [2.45, 2.75) is 50.2 Å². The first-order valence-corrected chi connectivity index (χ1v) is 7.54. The molecule has 9 heteroatoms. The van der Waals surface area contributed by atoms with Crippen molar-refractivity contribution in [1.82, 2.24) is 15.5 Å². The van der Waals surface area contributed by atoms with Crippen LogP contribution in [0.5, 0.6) is 0 Å². The van der Waals surface area contributed by atoms with Gasteiger partial charge in [0.2, 0.25) is 5.91 Å². The summed E-state index contributed by atoms with van der Waals surface area (Å²) in [7, 11) is 0. The Hall–Kier alpha value is -2.16. The van der Waals surface area contributed by atoms with E-state index in [0.717, 1.165) is 24.7 Å². The van der Waals surface area contributed by atoms with Crippen LogP contribution in [0.15, 0.2) is 0 Å². The molecule has 2 fully saturated rings. The Morgan fingerprint density at radius 3 is 2.52 bits per heavy atom. The van der Waals surface area contributed by atoms with E-state index >= 15 is 0 Å². The van der Waals surface area contributed by atoms with E-state index < -0.39 is 35.6 Å². The Kier molecular flexibility index (Phi) is 4.60. The number of amides is 4. The molecule has 2 aliphatic rings. The van der Waals surface area contributed by atoms with Crippen molar-refractivity contribution in [3.8, 4) is 0 Å². The summed E-state index contributed by atoms with van der Waals surface area (Å²) in [5, 5.41) is 23.2. The van der Waals surface area contributed by atoms with Crippen molar-refractivity contribution in [3.63, 3.8) is 0 Å². The summed E-state index contributed by atoms with van der Waals surface area (Å²) >= 11 is 0. The van der Waals surface area contributed by atoms with E-state index in [2.05, 4.69) is 10.6 Å². The summed E-state index contributed by atoms with van der Waals surface area (Å²) in [6.45, 7) is 0.537. The zero-order valence-corrected chi connectivity index (χ0v) is 12.9. The van der Waals surface area contributed by atoms with Gasteiger partial charge in [0.15, 0.2) is 5.60 Å². The molecule has 1 unspecified atom stereocenters. The lowest BCUT2D eigenvalue weighted by molar-refractivity contribution is -0.156. The Balaban J connectivity index is 1.84. The van der Waals surface area contributed by atoms with Gasteiger partial charge in [0, 0.05) is 13.0 Å². The Bertz CT molecular complexity index is 539. The minimum atomic E-state index is -2.07. The van der Waals surface area contributed by atoms with Crippen LogP contribution >= 0.6 is 0 Å². The molecule has 1 heterocycles. The summed E-state index contributed by atoms with van der Waals surface area (Å²) in [6.07, 6.45) is 2.84. The molecule has 1 spiro atoms. The van der Waals surface area contributed by atoms with E-state index in [4.69, 9.17) is 5.11 Å². The molecule has 2 rings (SSSR count). The van der Waals surface area contributed by atoms with Crippen LogP contribution in [0.4, 0.5) is 4.79 Å². The van der Waals surface area contributed by atoms with E-state index in [1.165, 1.54) is 0 Å². The molecule has 9 nitrogen and oxygen atoms in total. The van der Waals surface area contributed by atoms with Gasteiger partial charge in [0.1, 0.15) is 5.54 Å². The highest BCUT2D eigenvalue weighted by atomic mass is 16.4. The van der Waals surface area contributed by atoms with Crippen LogP contribution in [0, 0.1) is 0 Å². The molecule has 128 valence electrons. The number of carbonyl (C=O) groups is 4. The van der Waals surface area contributed by atoms with E-state index in [9.17, 15) is 24.3 Å². The first kappa shape index (κ1) is 17.2. The van der Waals surface area contributed by atoms with Crippen LogP contribution in [0.2, 0.25) is 0 Å². The summed E-state index contributed by atoms with van der Waals surface area (Å²) in [4.78, 5) is 47.7. The van der Waals surface area contributed by atoms with Gasteiger partial charge in [-0.25, -0.2) is 9.59 Å². The number of urea groups is 1. The number of aliphatic carboxylic acids is 1. The molecule has 0 aromatic rings. The van der Waals surface area contributed by atoms with Crippen molar-refractivity contribution in [3.05, 3.63) is 0 Å². The molecular formula is C14H21N3O6. The Morgan fingerprint density at radius 2 is 1.96 bits per heavy atom. The normalized spacial score (nSPS) is 22.1.